The number of fused-ring (bicyclic) bond motifs is 1. The molecule has 6 nitrogen and oxygen atoms in total. The summed E-state index contributed by atoms with van der Waals surface area (Å²) in [5.74, 6) is -0.173. The highest BCUT2D eigenvalue weighted by molar-refractivity contribution is 5.96. The van der Waals surface area contributed by atoms with Crippen LogP contribution in [0.5, 0.6) is 5.75 Å². The summed E-state index contributed by atoms with van der Waals surface area (Å²) in [6, 6.07) is 15.3. The van der Waals surface area contributed by atoms with Gasteiger partial charge in [0.25, 0.3) is 0 Å². The maximum Gasteiger partial charge on any atom is 0.306 e. The van der Waals surface area contributed by atoms with Gasteiger partial charge in [0.05, 0.1) is 12.0 Å². The molecule has 0 atom stereocenters. The number of Topliss-reactive ketones (excluding diaryl/α,β-unsaturated/α-hetero) is 1. The molecule has 2 aliphatic rings. The maximum atomic E-state index is 12.5. The van der Waals surface area contributed by atoms with Crippen LogP contribution in [-0.2, 0) is 22.4 Å². The Labute approximate surface area is 194 Å². The molecule has 0 radical (unpaired) electrons. The van der Waals surface area contributed by atoms with E-state index in [1.807, 2.05) is 12.1 Å². The number of aliphatic carboxylic acids is 1. The van der Waals surface area contributed by atoms with E-state index in [0.29, 0.717) is 43.5 Å². The van der Waals surface area contributed by atoms with Gasteiger partial charge in [-0.05, 0) is 80.3 Å². The Balaban J connectivity index is 1.15. The van der Waals surface area contributed by atoms with Crippen LogP contribution in [0.25, 0.3) is 0 Å². The van der Waals surface area contributed by atoms with E-state index >= 15 is 0 Å². The average Bonchev–Trinajstić information content (AvgIpc) is 3.27. The van der Waals surface area contributed by atoms with Crippen molar-refractivity contribution >= 4 is 17.7 Å². The lowest BCUT2D eigenvalue weighted by atomic mass is 9.87. The summed E-state index contributed by atoms with van der Waals surface area (Å²) in [6.07, 6.45) is 5.33. The first-order valence-corrected chi connectivity index (χ1v) is 11.9. The molecule has 1 fully saturated rings. The highest BCUT2D eigenvalue weighted by Gasteiger charge is 2.27. The second kappa shape index (κ2) is 10.6. The van der Waals surface area contributed by atoms with E-state index in [4.69, 9.17) is 9.84 Å². The van der Waals surface area contributed by atoms with Crippen LogP contribution < -0.4 is 10.1 Å². The van der Waals surface area contributed by atoms with Crippen molar-refractivity contribution in [2.24, 2.45) is 11.8 Å². The van der Waals surface area contributed by atoms with Crippen molar-refractivity contribution in [3.63, 3.8) is 0 Å². The molecule has 33 heavy (non-hydrogen) atoms. The van der Waals surface area contributed by atoms with Crippen LogP contribution in [-0.4, -0.2) is 35.4 Å². The second-order valence-corrected chi connectivity index (χ2v) is 9.15. The van der Waals surface area contributed by atoms with Crippen molar-refractivity contribution in [2.45, 2.75) is 57.5 Å². The lowest BCUT2D eigenvalue weighted by Crippen LogP contribution is -2.32. The summed E-state index contributed by atoms with van der Waals surface area (Å²) in [6.45, 7) is 0.498. The summed E-state index contributed by atoms with van der Waals surface area (Å²) in [4.78, 5) is 36.0. The molecule has 0 unspecified atom stereocenters. The molecule has 0 aromatic heterocycles. The largest absolute Gasteiger partial charge is 0.490 e. The molecule has 1 saturated carbocycles. The number of ketones is 1. The number of carboxylic acids is 1. The SMILES string of the molecule is O=C(CCCNC(=O)C1Cc2ccccc2C1)c1ccc(OC2CCC(C(=O)O)CC2)cc1. The Morgan fingerprint density at radius 3 is 2.12 bits per heavy atom. The highest BCUT2D eigenvalue weighted by atomic mass is 16.5. The summed E-state index contributed by atoms with van der Waals surface area (Å²) in [5.41, 5.74) is 3.15. The molecule has 2 aromatic rings. The van der Waals surface area contributed by atoms with Gasteiger partial charge in [-0.25, -0.2) is 0 Å². The highest BCUT2D eigenvalue weighted by Crippen LogP contribution is 2.28. The van der Waals surface area contributed by atoms with Gasteiger partial charge >= 0.3 is 5.97 Å². The molecule has 0 heterocycles. The van der Waals surface area contributed by atoms with E-state index in [1.54, 1.807) is 24.3 Å². The van der Waals surface area contributed by atoms with Gasteiger partial charge in [0.15, 0.2) is 5.78 Å². The van der Waals surface area contributed by atoms with Crippen LogP contribution in [0.2, 0.25) is 0 Å². The lowest BCUT2D eigenvalue weighted by molar-refractivity contribution is -0.143. The monoisotopic (exact) mass is 449 g/mol. The van der Waals surface area contributed by atoms with Crippen LogP contribution in [0, 0.1) is 11.8 Å². The molecule has 0 saturated heterocycles. The zero-order valence-corrected chi connectivity index (χ0v) is 18.8. The predicted octanol–water partition coefficient (Wildman–Crippen LogP) is 4.20. The third-order valence-corrected chi connectivity index (χ3v) is 6.80. The minimum atomic E-state index is -0.722. The summed E-state index contributed by atoms with van der Waals surface area (Å²) in [7, 11) is 0. The van der Waals surface area contributed by atoms with E-state index in [2.05, 4.69) is 17.4 Å². The number of amides is 1. The number of carbonyl (C=O) groups excluding carboxylic acids is 2. The molecular formula is C27H31NO5. The van der Waals surface area contributed by atoms with Crippen molar-refractivity contribution in [1.82, 2.24) is 5.32 Å². The van der Waals surface area contributed by atoms with Gasteiger partial charge < -0.3 is 15.2 Å². The van der Waals surface area contributed by atoms with Gasteiger partial charge in [-0.3, -0.25) is 14.4 Å². The van der Waals surface area contributed by atoms with Gasteiger partial charge in [-0.1, -0.05) is 24.3 Å². The van der Waals surface area contributed by atoms with Gasteiger partial charge in [0, 0.05) is 24.4 Å². The number of hydrogen-bond acceptors (Lipinski definition) is 4. The molecule has 6 heteroatoms. The Hall–Kier alpha value is -3.15. The molecule has 4 rings (SSSR count). The summed E-state index contributed by atoms with van der Waals surface area (Å²) < 4.78 is 5.96. The number of nitrogens with one attached hydrogen (secondary N) is 1. The van der Waals surface area contributed by atoms with Crippen LogP contribution in [0.3, 0.4) is 0 Å². The molecule has 2 N–H and O–H groups in total. The van der Waals surface area contributed by atoms with Crippen LogP contribution >= 0.6 is 0 Å². The van der Waals surface area contributed by atoms with Crippen molar-refractivity contribution < 1.29 is 24.2 Å². The smallest absolute Gasteiger partial charge is 0.306 e. The van der Waals surface area contributed by atoms with Crippen molar-refractivity contribution in [1.29, 1.82) is 0 Å². The number of benzene rings is 2. The van der Waals surface area contributed by atoms with E-state index in [-0.39, 0.29) is 29.6 Å². The molecule has 174 valence electrons. The van der Waals surface area contributed by atoms with Gasteiger partial charge in [-0.15, -0.1) is 0 Å². The molecule has 2 aliphatic carbocycles. The minimum Gasteiger partial charge on any atom is -0.490 e. The molecule has 0 bridgehead atoms. The summed E-state index contributed by atoms with van der Waals surface area (Å²) in [5, 5.41) is 12.1. The number of hydrogen-bond donors (Lipinski definition) is 2. The van der Waals surface area contributed by atoms with Gasteiger partial charge in [0.1, 0.15) is 5.75 Å². The normalized spacial score (nSPS) is 20.1. The second-order valence-electron chi connectivity index (χ2n) is 9.15. The topological polar surface area (TPSA) is 92.7 Å². The first-order chi connectivity index (χ1) is 16.0. The number of ether oxygens (including phenoxy) is 1. The zero-order chi connectivity index (χ0) is 23.2. The fourth-order valence-electron chi connectivity index (χ4n) is 4.83. The zero-order valence-electron chi connectivity index (χ0n) is 18.8. The molecule has 2 aromatic carbocycles. The van der Waals surface area contributed by atoms with E-state index in [0.717, 1.165) is 25.7 Å². The standard InChI is InChI=1S/C27H31NO5/c29-25(6-3-15-28-26(30)22-16-20-4-1-2-5-21(20)17-22)18-7-11-23(12-8-18)33-24-13-9-19(10-14-24)27(31)32/h1-2,4-5,7-8,11-12,19,22,24H,3,6,9-10,13-17H2,(H,28,30)(H,31,32). The van der Waals surface area contributed by atoms with Gasteiger partial charge in [0.2, 0.25) is 5.91 Å². The minimum absolute atomic E-state index is 0.00942. The van der Waals surface area contributed by atoms with Crippen molar-refractivity contribution in [2.75, 3.05) is 6.54 Å². The molecular weight excluding hydrogens is 418 g/mol. The van der Waals surface area contributed by atoms with Gasteiger partial charge in [-0.2, -0.15) is 0 Å². The Morgan fingerprint density at radius 1 is 0.879 bits per heavy atom. The number of carbonyl (C=O) groups is 3. The molecule has 0 aliphatic heterocycles. The Kier molecular flexibility index (Phi) is 7.43. The summed E-state index contributed by atoms with van der Waals surface area (Å²) >= 11 is 0. The molecule has 1 amide bonds. The number of rotatable bonds is 9. The van der Waals surface area contributed by atoms with E-state index in [9.17, 15) is 14.4 Å². The number of carboxylic acid groups (broad SMARTS) is 1. The third kappa shape index (κ3) is 6.01. The quantitative estimate of drug-likeness (QED) is 0.442. The van der Waals surface area contributed by atoms with Crippen molar-refractivity contribution in [3.05, 3.63) is 65.2 Å². The Morgan fingerprint density at radius 2 is 1.52 bits per heavy atom. The lowest BCUT2D eigenvalue weighted by Gasteiger charge is -2.26. The average molecular weight is 450 g/mol. The third-order valence-electron chi connectivity index (χ3n) is 6.80. The maximum absolute atomic E-state index is 12.5. The van der Waals surface area contributed by atoms with Crippen LogP contribution in [0.1, 0.15) is 60.0 Å². The van der Waals surface area contributed by atoms with Crippen LogP contribution in [0.4, 0.5) is 0 Å². The van der Waals surface area contributed by atoms with Crippen molar-refractivity contribution in [3.8, 4) is 5.75 Å². The first-order valence-electron chi connectivity index (χ1n) is 11.9. The van der Waals surface area contributed by atoms with E-state index < -0.39 is 5.97 Å². The Bertz CT molecular complexity index is 967. The predicted molar refractivity (Wildman–Crippen MR) is 124 cm³/mol. The molecule has 0 spiro atoms. The van der Waals surface area contributed by atoms with Crippen LogP contribution in [0.15, 0.2) is 48.5 Å². The van der Waals surface area contributed by atoms with E-state index in [1.165, 1.54) is 11.1 Å². The first kappa shape index (κ1) is 23.0. The fourth-order valence-corrected chi connectivity index (χ4v) is 4.83. The fraction of sp³-hybridized carbons (Fsp3) is 0.444.